The minimum absolute atomic E-state index is 0.256. The molecule has 0 fully saturated rings. The summed E-state index contributed by atoms with van der Waals surface area (Å²) in [6.07, 6.45) is 3.61. The first kappa shape index (κ1) is 18.5. The van der Waals surface area contributed by atoms with Gasteiger partial charge >= 0.3 is 0 Å². The van der Waals surface area contributed by atoms with E-state index in [0.717, 1.165) is 25.1 Å². The molecule has 136 valence electrons. The number of hydrogen-bond donors (Lipinski definition) is 1. The molecule has 3 aromatic rings. The van der Waals surface area contributed by atoms with Crippen LogP contribution in [0.1, 0.15) is 31.0 Å². The monoisotopic (exact) mass is 392 g/mol. The topological polar surface area (TPSA) is 63.8 Å². The Hall–Kier alpha value is -2.32. The summed E-state index contributed by atoms with van der Waals surface area (Å²) >= 11 is 11.6. The van der Waals surface area contributed by atoms with Gasteiger partial charge < -0.3 is 0 Å². The number of H-pyrrole nitrogens is 1. The molecular weight excluding hydrogens is 375 g/mol. The molecule has 0 spiro atoms. The Morgan fingerprint density at radius 1 is 1.38 bits per heavy atom. The van der Waals surface area contributed by atoms with Crippen LogP contribution >= 0.6 is 23.8 Å². The van der Waals surface area contributed by atoms with Crippen molar-refractivity contribution < 1.29 is 4.39 Å². The van der Waals surface area contributed by atoms with Gasteiger partial charge in [-0.1, -0.05) is 37.1 Å². The number of benzene rings is 1. The van der Waals surface area contributed by atoms with Gasteiger partial charge in [0, 0.05) is 6.54 Å². The lowest BCUT2D eigenvalue weighted by Gasteiger charge is -2.02. The van der Waals surface area contributed by atoms with Crippen LogP contribution < -0.4 is 0 Å². The molecule has 0 atom stereocenters. The first-order chi connectivity index (χ1) is 12.5. The van der Waals surface area contributed by atoms with E-state index in [0.29, 0.717) is 16.3 Å². The third-order valence-corrected chi connectivity index (χ3v) is 4.56. The summed E-state index contributed by atoms with van der Waals surface area (Å²) < 4.78 is 17.5. The fraction of sp³-hybridized carbons (Fsp3) is 0.294. The highest BCUT2D eigenvalue weighted by Crippen LogP contribution is 2.22. The summed E-state index contributed by atoms with van der Waals surface area (Å²) in [7, 11) is 0. The van der Waals surface area contributed by atoms with E-state index in [9.17, 15) is 4.39 Å². The van der Waals surface area contributed by atoms with Crippen LogP contribution in [0.15, 0.2) is 29.4 Å². The van der Waals surface area contributed by atoms with Gasteiger partial charge in [0.25, 0.3) is 0 Å². The molecule has 0 aliphatic carbocycles. The third-order valence-electron chi connectivity index (χ3n) is 3.90. The Kier molecular flexibility index (Phi) is 5.63. The summed E-state index contributed by atoms with van der Waals surface area (Å²) in [6.45, 7) is 4.72. The molecule has 26 heavy (non-hydrogen) atoms. The molecule has 0 amide bonds. The molecule has 0 aliphatic heterocycles. The average Bonchev–Trinajstić information content (AvgIpc) is 3.11. The lowest BCUT2D eigenvalue weighted by Crippen LogP contribution is -2.00. The first-order valence-corrected chi connectivity index (χ1v) is 9.01. The highest BCUT2D eigenvalue weighted by molar-refractivity contribution is 7.71. The Balaban J connectivity index is 1.98. The summed E-state index contributed by atoms with van der Waals surface area (Å²) in [5.74, 6) is -0.115. The SMILES string of the molecule is CCCCn1nc(C)c(/C=N\n2c(-c3ccccc3F)n[nH]c2=S)c1Cl. The van der Waals surface area contributed by atoms with Crippen LogP contribution in [0.2, 0.25) is 5.15 Å². The molecule has 0 aliphatic rings. The van der Waals surface area contributed by atoms with Gasteiger partial charge in [0.05, 0.1) is 23.0 Å². The van der Waals surface area contributed by atoms with Gasteiger partial charge in [-0.05, 0) is 37.7 Å². The molecule has 0 radical (unpaired) electrons. The highest BCUT2D eigenvalue weighted by atomic mass is 35.5. The van der Waals surface area contributed by atoms with Crippen LogP contribution in [-0.4, -0.2) is 30.9 Å². The van der Waals surface area contributed by atoms with Gasteiger partial charge in [0.1, 0.15) is 11.0 Å². The quantitative estimate of drug-likeness (QED) is 0.493. The van der Waals surface area contributed by atoms with E-state index in [1.165, 1.54) is 10.7 Å². The van der Waals surface area contributed by atoms with E-state index in [1.54, 1.807) is 29.1 Å². The number of halogens is 2. The molecule has 0 saturated heterocycles. The zero-order valence-electron chi connectivity index (χ0n) is 14.4. The van der Waals surface area contributed by atoms with Crippen LogP contribution in [0.3, 0.4) is 0 Å². The number of aryl methyl sites for hydroxylation is 2. The lowest BCUT2D eigenvalue weighted by atomic mass is 10.2. The van der Waals surface area contributed by atoms with Gasteiger partial charge in [-0.3, -0.25) is 4.68 Å². The largest absolute Gasteiger partial charge is 0.253 e. The van der Waals surface area contributed by atoms with Crippen molar-refractivity contribution in [3.8, 4) is 11.4 Å². The summed E-state index contributed by atoms with van der Waals surface area (Å²) in [4.78, 5) is 0. The van der Waals surface area contributed by atoms with Crippen molar-refractivity contribution in [1.29, 1.82) is 0 Å². The molecule has 0 saturated carbocycles. The molecule has 1 N–H and O–H groups in total. The lowest BCUT2D eigenvalue weighted by molar-refractivity contribution is 0.569. The van der Waals surface area contributed by atoms with Crippen molar-refractivity contribution >= 4 is 30.0 Å². The second kappa shape index (κ2) is 7.92. The zero-order valence-corrected chi connectivity index (χ0v) is 16.0. The minimum Gasteiger partial charge on any atom is -0.253 e. The molecular formula is C17H18ClFN6S. The number of hydrogen-bond acceptors (Lipinski definition) is 4. The Morgan fingerprint density at radius 3 is 2.88 bits per heavy atom. The van der Waals surface area contributed by atoms with E-state index in [4.69, 9.17) is 23.8 Å². The van der Waals surface area contributed by atoms with Crippen molar-refractivity contribution in [2.75, 3.05) is 0 Å². The van der Waals surface area contributed by atoms with E-state index < -0.39 is 5.82 Å². The van der Waals surface area contributed by atoms with Gasteiger partial charge in [-0.25, -0.2) is 9.49 Å². The van der Waals surface area contributed by atoms with E-state index in [-0.39, 0.29) is 10.6 Å². The van der Waals surface area contributed by atoms with Crippen molar-refractivity contribution in [3.63, 3.8) is 0 Å². The normalized spacial score (nSPS) is 11.5. The molecule has 1 aromatic carbocycles. The standard InChI is InChI=1S/C17H18ClFN6S/c1-3-4-9-24-15(18)13(11(2)23-24)10-20-25-16(21-22-17(25)26)12-7-5-6-8-14(12)19/h5-8,10H,3-4,9H2,1-2H3,(H,22,26)/b20-10-. The van der Waals surface area contributed by atoms with Gasteiger partial charge in [-0.15, -0.1) is 0 Å². The Morgan fingerprint density at radius 2 is 2.15 bits per heavy atom. The van der Waals surface area contributed by atoms with Crippen molar-refractivity contribution in [2.24, 2.45) is 5.10 Å². The third kappa shape index (κ3) is 3.61. The second-order valence-electron chi connectivity index (χ2n) is 5.76. The fourth-order valence-corrected chi connectivity index (χ4v) is 2.99. The summed E-state index contributed by atoms with van der Waals surface area (Å²) in [5, 5.41) is 16.0. The number of unbranched alkanes of at least 4 members (excludes halogenated alkanes) is 1. The van der Waals surface area contributed by atoms with Crippen molar-refractivity contribution in [2.45, 2.75) is 33.2 Å². The van der Waals surface area contributed by atoms with Gasteiger partial charge in [-0.2, -0.15) is 20.0 Å². The Labute approximate surface area is 160 Å². The van der Waals surface area contributed by atoms with Crippen LogP contribution in [0.5, 0.6) is 0 Å². The first-order valence-electron chi connectivity index (χ1n) is 8.22. The predicted molar refractivity (Wildman–Crippen MR) is 103 cm³/mol. The van der Waals surface area contributed by atoms with Crippen molar-refractivity contribution in [3.05, 3.63) is 51.3 Å². The molecule has 3 rings (SSSR count). The fourth-order valence-electron chi connectivity index (χ4n) is 2.50. The van der Waals surface area contributed by atoms with E-state index >= 15 is 0 Å². The summed E-state index contributed by atoms with van der Waals surface area (Å²) in [5.41, 5.74) is 1.76. The van der Waals surface area contributed by atoms with E-state index in [1.807, 2.05) is 6.92 Å². The molecule has 9 heteroatoms. The zero-order chi connectivity index (χ0) is 18.7. The number of nitrogens with one attached hydrogen (secondary N) is 1. The molecule has 2 heterocycles. The van der Waals surface area contributed by atoms with E-state index in [2.05, 4.69) is 27.3 Å². The molecule has 0 bridgehead atoms. The smallest absolute Gasteiger partial charge is 0.216 e. The number of nitrogens with zero attached hydrogens (tertiary/aromatic N) is 5. The second-order valence-corrected chi connectivity index (χ2v) is 6.50. The van der Waals surface area contributed by atoms with Crippen LogP contribution in [0, 0.1) is 17.5 Å². The van der Waals surface area contributed by atoms with Gasteiger partial charge in [0.2, 0.25) is 4.77 Å². The van der Waals surface area contributed by atoms with Gasteiger partial charge in [0.15, 0.2) is 5.82 Å². The summed E-state index contributed by atoms with van der Waals surface area (Å²) in [6, 6.07) is 6.32. The predicted octanol–water partition coefficient (Wildman–Crippen LogP) is 4.59. The maximum atomic E-state index is 14.1. The molecule has 6 nitrogen and oxygen atoms in total. The highest BCUT2D eigenvalue weighted by Gasteiger charge is 2.14. The maximum Gasteiger partial charge on any atom is 0.216 e. The number of rotatable bonds is 6. The van der Waals surface area contributed by atoms with Crippen LogP contribution in [-0.2, 0) is 6.54 Å². The molecule has 0 unspecified atom stereocenters. The minimum atomic E-state index is -0.403. The number of aromatic amines is 1. The molecule has 2 aromatic heterocycles. The number of aromatic nitrogens is 5. The maximum absolute atomic E-state index is 14.1. The van der Waals surface area contributed by atoms with Crippen LogP contribution in [0.25, 0.3) is 11.4 Å². The Bertz CT molecular complexity index is 1000. The average molecular weight is 393 g/mol. The van der Waals surface area contributed by atoms with Crippen molar-refractivity contribution in [1.82, 2.24) is 24.7 Å². The van der Waals surface area contributed by atoms with Crippen LogP contribution in [0.4, 0.5) is 4.39 Å².